The molecule has 1 heterocycles. The first kappa shape index (κ1) is 18.0. The van der Waals surface area contributed by atoms with Crippen LogP contribution in [0.15, 0.2) is 28.6 Å². The van der Waals surface area contributed by atoms with Gasteiger partial charge in [-0.1, -0.05) is 29.2 Å². The number of nitrogens with one attached hydrogen (secondary N) is 3. The van der Waals surface area contributed by atoms with Crippen LogP contribution in [-0.2, 0) is 4.79 Å². The minimum atomic E-state index is -0.537. The molecule has 24 heavy (non-hydrogen) atoms. The van der Waals surface area contributed by atoms with E-state index < -0.39 is 17.2 Å². The Labute approximate surface area is 147 Å². The van der Waals surface area contributed by atoms with E-state index in [1.807, 2.05) is 24.3 Å². The Bertz CT molecular complexity index is 722. The molecule has 1 aromatic heterocycles. The second-order valence-electron chi connectivity index (χ2n) is 4.56. The third kappa shape index (κ3) is 5.10. The Balaban J connectivity index is 1.95. The lowest BCUT2D eigenvalue weighted by molar-refractivity contribution is -0.119. The van der Waals surface area contributed by atoms with E-state index in [1.54, 1.807) is 14.0 Å². The van der Waals surface area contributed by atoms with Crippen molar-refractivity contribution in [3.05, 3.63) is 24.3 Å². The number of hydrogen-bond donors (Lipinski definition) is 3. The van der Waals surface area contributed by atoms with Gasteiger partial charge in [-0.25, -0.2) is 4.79 Å². The number of rotatable bonds is 6. The van der Waals surface area contributed by atoms with Crippen molar-refractivity contribution >= 4 is 45.9 Å². The fraction of sp³-hybridized carbons (Fsp3) is 0.286. The van der Waals surface area contributed by atoms with E-state index in [1.165, 1.54) is 30.1 Å². The van der Waals surface area contributed by atoms with Gasteiger partial charge in [-0.15, -0.1) is 10.2 Å². The highest BCUT2D eigenvalue weighted by Gasteiger charge is 2.18. The van der Waals surface area contributed by atoms with Gasteiger partial charge in [0.15, 0.2) is 4.34 Å². The second-order valence-corrected chi connectivity index (χ2v) is 7.12. The highest BCUT2D eigenvalue weighted by atomic mass is 32.2. The first-order valence-corrected chi connectivity index (χ1v) is 8.65. The molecule has 0 aliphatic carbocycles. The molecule has 8 nitrogen and oxygen atoms in total. The van der Waals surface area contributed by atoms with Gasteiger partial charge in [-0.3, -0.25) is 10.1 Å². The minimum Gasteiger partial charge on any atom is -0.497 e. The van der Waals surface area contributed by atoms with Crippen LogP contribution in [0.25, 0.3) is 0 Å². The molecular weight excluding hydrogens is 350 g/mol. The van der Waals surface area contributed by atoms with Crippen molar-refractivity contribution in [1.29, 1.82) is 0 Å². The van der Waals surface area contributed by atoms with Crippen molar-refractivity contribution in [3.8, 4) is 5.75 Å². The van der Waals surface area contributed by atoms with Crippen molar-refractivity contribution < 1.29 is 14.3 Å². The fourth-order valence-corrected chi connectivity index (χ4v) is 3.53. The van der Waals surface area contributed by atoms with E-state index >= 15 is 0 Å². The molecule has 3 amide bonds. The van der Waals surface area contributed by atoms with Crippen LogP contribution >= 0.6 is 23.1 Å². The minimum absolute atomic E-state index is 0.392. The molecule has 1 atom stereocenters. The van der Waals surface area contributed by atoms with Gasteiger partial charge < -0.3 is 15.4 Å². The predicted octanol–water partition coefficient (Wildman–Crippen LogP) is 2.23. The van der Waals surface area contributed by atoms with E-state index in [0.717, 1.165) is 11.4 Å². The van der Waals surface area contributed by atoms with Crippen LogP contribution in [0.2, 0.25) is 0 Å². The summed E-state index contributed by atoms with van der Waals surface area (Å²) >= 11 is 2.55. The number of methoxy groups -OCH3 is 1. The number of carbonyl (C=O) groups is 2. The molecule has 0 spiro atoms. The number of amides is 3. The first-order valence-electron chi connectivity index (χ1n) is 6.95. The summed E-state index contributed by atoms with van der Waals surface area (Å²) in [5.41, 5.74) is 0.826. The number of benzene rings is 1. The van der Waals surface area contributed by atoms with E-state index in [-0.39, 0.29) is 0 Å². The number of thioether (sulfide) groups is 1. The molecule has 2 rings (SSSR count). The zero-order valence-electron chi connectivity index (χ0n) is 13.3. The standard InChI is InChI=1S/C14H17N5O3S2/c1-8(11(20)17-12(21)15-2)23-14-19-18-13(24-14)16-9-5-4-6-10(7-9)22-3/h4-8H,1-3H3,(H,16,18)(H2,15,17,20,21)/t8-/m1/s1. The molecule has 3 N–H and O–H groups in total. The largest absolute Gasteiger partial charge is 0.497 e. The lowest BCUT2D eigenvalue weighted by Crippen LogP contribution is -2.41. The summed E-state index contributed by atoms with van der Waals surface area (Å²) in [4.78, 5) is 23.0. The Kier molecular flexibility index (Phi) is 6.38. The number of carbonyl (C=O) groups excluding carboxylic acids is 2. The zero-order valence-corrected chi connectivity index (χ0v) is 15.0. The lowest BCUT2D eigenvalue weighted by atomic mass is 10.3. The first-order chi connectivity index (χ1) is 11.5. The Morgan fingerprint density at radius 2 is 2.12 bits per heavy atom. The molecule has 1 aromatic carbocycles. The molecular formula is C14H17N5O3S2. The third-order valence-corrected chi connectivity index (χ3v) is 4.86. The summed E-state index contributed by atoms with van der Waals surface area (Å²) < 4.78 is 5.79. The number of anilines is 2. The third-order valence-electron chi connectivity index (χ3n) is 2.84. The number of imide groups is 1. The molecule has 0 saturated heterocycles. The molecule has 10 heteroatoms. The summed E-state index contributed by atoms with van der Waals surface area (Å²) in [5, 5.41) is 15.9. The monoisotopic (exact) mass is 367 g/mol. The van der Waals surface area contributed by atoms with Crippen molar-refractivity contribution in [2.24, 2.45) is 0 Å². The average molecular weight is 367 g/mol. The van der Waals surface area contributed by atoms with Crippen LogP contribution in [0, 0.1) is 0 Å². The summed E-state index contributed by atoms with van der Waals surface area (Å²) in [5.74, 6) is 0.343. The van der Waals surface area contributed by atoms with E-state index in [2.05, 4.69) is 26.1 Å². The maximum absolute atomic E-state index is 11.8. The van der Waals surface area contributed by atoms with E-state index in [4.69, 9.17) is 4.74 Å². The van der Waals surface area contributed by atoms with Gasteiger partial charge in [0.25, 0.3) is 0 Å². The van der Waals surface area contributed by atoms with E-state index in [9.17, 15) is 9.59 Å². The molecule has 0 fully saturated rings. The van der Waals surface area contributed by atoms with Crippen LogP contribution in [0.1, 0.15) is 6.92 Å². The predicted molar refractivity (Wildman–Crippen MR) is 94.1 cm³/mol. The van der Waals surface area contributed by atoms with Gasteiger partial charge in [-0.2, -0.15) is 0 Å². The van der Waals surface area contributed by atoms with Crippen LogP contribution in [0.3, 0.4) is 0 Å². The Morgan fingerprint density at radius 3 is 2.83 bits per heavy atom. The topological polar surface area (TPSA) is 105 Å². The van der Waals surface area contributed by atoms with Gasteiger partial charge >= 0.3 is 6.03 Å². The quantitative estimate of drug-likeness (QED) is 0.672. The summed E-state index contributed by atoms with van der Waals surface area (Å²) in [6.45, 7) is 1.69. The molecule has 0 unspecified atom stereocenters. The van der Waals surface area contributed by atoms with Crippen LogP contribution < -0.4 is 20.7 Å². The summed E-state index contributed by atoms with van der Waals surface area (Å²) in [7, 11) is 3.05. The zero-order chi connectivity index (χ0) is 17.5. The fourth-order valence-electron chi connectivity index (χ4n) is 1.61. The highest BCUT2D eigenvalue weighted by Crippen LogP contribution is 2.31. The molecule has 0 bridgehead atoms. The normalized spacial score (nSPS) is 11.5. The van der Waals surface area contributed by atoms with Gasteiger partial charge in [0, 0.05) is 18.8 Å². The van der Waals surface area contributed by atoms with Crippen molar-refractivity contribution in [2.45, 2.75) is 16.5 Å². The second kappa shape index (κ2) is 8.50. The smallest absolute Gasteiger partial charge is 0.321 e. The van der Waals surface area contributed by atoms with Gasteiger partial charge in [0.05, 0.1) is 12.4 Å². The summed E-state index contributed by atoms with van der Waals surface area (Å²) in [6.07, 6.45) is 0. The lowest BCUT2D eigenvalue weighted by Gasteiger charge is -2.08. The Morgan fingerprint density at radius 1 is 1.33 bits per heavy atom. The summed E-state index contributed by atoms with van der Waals surface area (Å²) in [6, 6.07) is 6.90. The number of urea groups is 1. The average Bonchev–Trinajstić information content (AvgIpc) is 3.01. The number of aromatic nitrogens is 2. The highest BCUT2D eigenvalue weighted by molar-refractivity contribution is 8.02. The maximum Gasteiger partial charge on any atom is 0.321 e. The molecule has 0 aliphatic heterocycles. The molecule has 0 saturated carbocycles. The van der Waals surface area contributed by atoms with E-state index in [0.29, 0.717) is 9.47 Å². The number of ether oxygens (including phenoxy) is 1. The SMILES string of the molecule is CNC(=O)NC(=O)[C@@H](C)Sc1nnc(Nc2cccc(OC)c2)s1. The van der Waals surface area contributed by atoms with Gasteiger partial charge in [0.2, 0.25) is 11.0 Å². The van der Waals surface area contributed by atoms with Crippen molar-refractivity contribution in [1.82, 2.24) is 20.8 Å². The molecule has 2 aromatic rings. The molecule has 0 aliphatic rings. The van der Waals surface area contributed by atoms with Crippen LogP contribution in [-0.4, -0.2) is 41.5 Å². The number of hydrogen-bond acceptors (Lipinski definition) is 8. The van der Waals surface area contributed by atoms with Gasteiger partial charge in [0.1, 0.15) is 5.75 Å². The maximum atomic E-state index is 11.8. The van der Waals surface area contributed by atoms with Gasteiger partial charge in [-0.05, 0) is 19.1 Å². The van der Waals surface area contributed by atoms with Crippen LogP contribution in [0.5, 0.6) is 5.75 Å². The van der Waals surface area contributed by atoms with Crippen molar-refractivity contribution in [3.63, 3.8) is 0 Å². The molecule has 128 valence electrons. The Hall–Kier alpha value is -2.33. The molecule has 0 radical (unpaired) electrons. The van der Waals surface area contributed by atoms with Crippen LogP contribution in [0.4, 0.5) is 15.6 Å². The van der Waals surface area contributed by atoms with Crippen molar-refractivity contribution in [2.75, 3.05) is 19.5 Å². The number of nitrogens with zero attached hydrogens (tertiary/aromatic N) is 2.